The topological polar surface area (TPSA) is 56.5 Å². The van der Waals surface area contributed by atoms with Gasteiger partial charge >= 0.3 is 0 Å². The van der Waals surface area contributed by atoms with Crippen LogP contribution in [0, 0.1) is 11.3 Å². The number of nitrogens with zero attached hydrogens (tertiary/aromatic N) is 2. The predicted octanol–water partition coefficient (Wildman–Crippen LogP) is 3.05. The summed E-state index contributed by atoms with van der Waals surface area (Å²) in [5.74, 6) is 0.908. The molecule has 1 unspecified atom stereocenters. The molecule has 0 fully saturated rings. The quantitative estimate of drug-likeness (QED) is 0.919. The van der Waals surface area contributed by atoms with Crippen LogP contribution < -0.4 is 4.74 Å². The monoisotopic (exact) mass is 322 g/mol. The summed E-state index contributed by atoms with van der Waals surface area (Å²) in [6.07, 6.45) is 0.441. The zero-order valence-corrected chi connectivity index (χ0v) is 13.9. The molecule has 0 saturated heterocycles. The molecule has 3 rings (SSSR count). The Kier molecular flexibility index (Phi) is 5.14. The Bertz CT molecular complexity index is 734. The van der Waals surface area contributed by atoms with E-state index in [1.165, 1.54) is 11.1 Å². The number of β-amino-alcohol motifs (C(OH)–C–C–N with tert-alkyl or cyclic N) is 1. The standard InChI is InChI=1S/C20H22N2O2/c1-2-24-19-8-7-16-9-10-22(13-18(16)11-19)14-20(23)17-5-3-15(12-21)4-6-17/h3-8,11,20,23H,2,9-10,13-14H2,1H3. The molecule has 0 amide bonds. The highest BCUT2D eigenvalue weighted by Gasteiger charge is 2.20. The van der Waals surface area contributed by atoms with Crippen LogP contribution >= 0.6 is 0 Å². The minimum Gasteiger partial charge on any atom is -0.494 e. The van der Waals surface area contributed by atoms with Gasteiger partial charge in [0.2, 0.25) is 0 Å². The molecule has 0 spiro atoms. The summed E-state index contributed by atoms with van der Waals surface area (Å²) < 4.78 is 5.59. The Labute approximate surface area is 142 Å². The Morgan fingerprint density at radius 3 is 2.71 bits per heavy atom. The van der Waals surface area contributed by atoms with E-state index in [-0.39, 0.29) is 0 Å². The lowest BCUT2D eigenvalue weighted by molar-refractivity contribution is 0.106. The average Bonchev–Trinajstić information content (AvgIpc) is 2.62. The number of fused-ring (bicyclic) bond motifs is 1. The zero-order valence-electron chi connectivity index (χ0n) is 13.9. The van der Waals surface area contributed by atoms with Crippen LogP contribution in [0.4, 0.5) is 0 Å². The molecule has 1 heterocycles. The maximum absolute atomic E-state index is 10.5. The molecule has 0 aromatic heterocycles. The van der Waals surface area contributed by atoms with E-state index in [2.05, 4.69) is 23.1 Å². The Morgan fingerprint density at radius 2 is 2.00 bits per heavy atom. The van der Waals surface area contributed by atoms with Gasteiger partial charge in [-0.05, 0) is 54.3 Å². The third-order valence-electron chi connectivity index (χ3n) is 4.44. The second kappa shape index (κ2) is 7.48. The molecule has 0 bridgehead atoms. The van der Waals surface area contributed by atoms with Crippen molar-refractivity contribution in [2.75, 3.05) is 19.7 Å². The minimum atomic E-state index is -0.547. The molecular formula is C20H22N2O2. The smallest absolute Gasteiger partial charge is 0.119 e. The molecule has 0 saturated carbocycles. The third kappa shape index (κ3) is 3.76. The van der Waals surface area contributed by atoms with Crippen molar-refractivity contribution in [2.45, 2.75) is 26.0 Å². The lowest BCUT2D eigenvalue weighted by Crippen LogP contribution is -2.34. The van der Waals surface area contributed by atoms with Crippen LogP contribution in [0.1, 0.15) is 35.3 Å². The van der Waals surface area contributed by atoms with Gasteiger partial charge in [0.1, 0.15) is 5.75 Å². The third-order valence-corrected chi connectivity index (χ3v) is 4.44. The molecule has 24 heavy (non-hydrogen) atoms. The number of hydrogen-bond donors (Lipinski definition) is 1. The molecule has 4 heteroatoms. The van der Waals surface area contributed by atoms with Crippen LogP contribution in [-0.4, -0.2) is 29.7 Å². The van der Waals surface area contributed by atoms with Gasteiger partial charge in [-0.2, -0.15) is 5.26 Å². The maximum atomic E-state index is 10.5. The minimum absolute atomic E-state index is 0.547. The predicted molar refractivity (Wildman–Crippen MR) is 92.7 cm³/mol. The first kappa shape index (κ1) is 16.5. The van der Waals surface area contributed by atoms with Crippen LogP contribution in [0.3, 0.4) is 0 Å². The van der Waals surface area contributed by atoms with E-state index in [0.717, 1.165) is 30.8 Å². The summed E-state index contributed by atoms with van der Waals surface area (Å²) in [5, 5.41) is 19.3. The number of rotatable bonds is 5. The van der Waals surface area contributed by atoms with Crippen molar-refractivity contribution in [3.8, 4) is 11.8 Å². The largest absolute Gasteiger partial charge is 0.494 e. The summed E-state index contributed by atoms with van der Waals surface area (Å²) >= 11 is 0. The van der Waals surface area contributed by atoms with Gasteiger partial charge in [0.25, 0.3) is 0 Å². The van der Waals surface area contributed by atoms with Crippen molar-refractivity contribution >= 4 is 0 Å². The van der Waals surface area contributed by atoms with E-state index in [1.807, 2.05) is 25.1 Å². The molecule has 0 aliphatic carbocycles. The lowest BCUT2D eigenvalue weighted by atomic mass is 9.98. The van der Waals surface area contributed by atoms with Crippen LogP contribution in [0.5, 0.6) is 5.75 Å². The SMILES string of the molecule is CCOc1ccc2c(c1)CN(CC(O)c1ccc(C#N)cc1)CC2. The van der Waals surface area contributed by atoms with Gasteiger partial charge < -0.3 is 9.84 Å². The summed E-state index contributed by atoms with van der Waals surface area (Å²) in [4.78, 5) is 2.26. The van der Waals surface area contributed by atoms with E-state index in [9.17, 15) is 5.11 Å². The highest BCUT2D eigenvalue weighted by Crippen LogP contribution is 2.25. The lowest BCUT2D eigenvalue weighted by Gasteiger charge is -2.30. The van der Waals surface area contributed by atoms with Crippen molar-refractivity contribution in [3.05, 3.63) is 64.7 Å². The van der Waals surface area contributed by atoms with E-state index < -0.39 is 6.10 Å². The van der Waals surface area contributed by atoms with Gasteiger partial charge in [-0.15, -0.1) is 0 Å². The molecule has 2 aromatic rings. The van der Waals surface area contributed by atoms with Crippen molar-refractivity contribution in [3.63, 3.8) is 0 Å². The van der Waals surface area contributed by atoms with Crippen LogP contribution in [-0.2, 0) is 13.0 Å². The summed E-state index contributed by atoms with van der Waals surface area (Å²) in [7, 11) is 0. The van der Waals surface area contributed by atoms with Crippen molar-refractivity contribution in [2.24, 2.45) is 0 Å². The van der Waals surface area contributed by atoms with Gasteiger partial charge in [-0.3, -0.25) is 4.90 Å². The molecule has 0 radical (unpaired) electrons. The first-order valence-corrected chi connectivity index (χ1v) is 8.34. The maximum Gasteiger partial charge on any atom is 0.119 e. The fraction of sp³-hybridized carbons (Fsp3) is 0.350. The van der Waals surface area contributed by atoms with E-state index >= 15 is 0 Å². The van der Waals surface area contributed by atoms with E-state index in [0.29, 0.717) is 18.7 Å². The number of aliphatic hydroxyl groups is 1. The van der Waals surface area contributed by atoms with E-state index in [4.69, 9.17) is 10.00 Å². The average molecular weight is 322 g/mol. The molecule has 4 nitrogen and oxygen atoms in total. The van der Waals surface area contributed by atoms with Gasteiger partial charge in [0.05, 0.1) is 24.3 Å². The number of ether oxygens (including phenoxy) is 1. The second-order valence-corrected chi connectivity index (χ2v) is 6.10. The highest BCUT2D eigenvalue weighted by molar-refractivity contribution is 5.37. The van der Waals surface area contributed by atoms with Gasteiger partial charge in [0, 0.05) is 19.6 Å². The number of aliphatic hydroxyl groups excluding tert-OH is 1. The number of nitriles is 1. The van der Waals surface area contributed by atoms with Crippen molar-refractivity contribution in [1.82, 2.24) is 4.90 Å². The van der Waals surface area contributed by atoms with Gasteiger partial charge in [-0.25, -0.2) is 0 Å². The Balaban J connectivity index is 1.66. The van der Waals surface area contributed by atoms with Crippen LogP contribution in [0.25, 0.3) is 0 Å². The fourth-order valence-electron chi connectivity index (χ4n) is 3.13. The molecular weight excluding hydrogens is 300 g/mol. The number of hydrogen-bond acceptors (Lipinski definition) is 4. The molecule has 1 N–H and O–H groups in total. The highest BCUT2D eigenvalue weighted by atomic mass is 16.5. The number of benzene rings is 2. The molecule has 124 valence electrons. The molecule has 1 atom stereocenters. The molecule has 2 aromatic carbocycles. The Hall–Kier alpha value is -2.35. The van der Waals surface area contributed by atoms with Gasteiger partial charge in [0.15, 0.2) is 0 Å². The normalized spacial score (nSPS) is 15.4. The Morgan fingerprint density at radius 1 is 1.21 bits per heavy atom. The van der Waals surface area contributed by atoms with Crippen molar-refractivity contribution < 1.29 is 9.84 Å². The molecule has 1 aliphatic heterocycles. The van der Waals surface area contributed by atoms with Crippen LogP contribution in [0.2, 0.25) is 0 Å². The summed E-state index contributed by atoms with van der Waals surface area (Å²) in [6, 6.07) is 15.5. The zero-order chi connectivity index (χ0) is 16.9. The van der Waals surface area contributed by atoms with Gasteiger partial charge in [-0.1, -0.05) is 18.2 Å². The second-order valence-electron chi connectivity index (χ2n) is 6.10. The summed E-state index contributed by atoms with van der Waals surface area (Å²) in [5.41, 5.74) is 4.10. The molecule has 1 aliphatic rings. The van der Waals surface area contributed by atoms with Crippen LogP contribution in [0.15, 0.2) is 42.5 Å². The first-order chi connectivity index (χ1) is 11.7. The first-order valence-electron chi connectivity index (χ1n) is 8.34. The fourth-order valence-corrected chi connectivity index (χ4v) is 3.13. The van der Waals surface area contributed by atoms with E-state index in [1.54, 1.807) is 12.1 Å². The summed E-state index contributed by atoms with van der Waals surface area (Å²) in [6.45, 7) is 5.00. The van der Waals surface area contributed by atoms with Crippen molar-refractivity contribution in [1.29, 1.82) is 5.26 Å².